The van der Waals surface area contributed by atoms with Crippen molar-refractivity contribution in [2.75, 3.05) is 0 Å². The first-order chi connectivity index (χ1) is 8.31. The van der Waals surface area contributed by atoms with Crippen LogP contribution in [-0.2, 0) is 0 Å². The summed E-state index contributed by atoms with van der Waals surface area (Å²) in [6.45, 7) is 0. The van der Waals surface area contributed by atoms with Gasteiger partial charge in [-0.1, -0.05) is 18.0 Å². The molecule has 0 spiro atoms. The maximum atomic E-state index is 6.01. The second-order valence-corrected chi connectivity index (χ2v) is 5.43. The third-order valence-electron chi connectivity index (χ3n) is 3.47. The molecule has 0 aromatic carbocycles. The Morgan fingerprint density at radius 1 is 1.06 bits per heavy atom. The lowest BCUT2D eigenvalue weighted by Crippen LogP contribution is -2.20. The Morgan fingerprint density at radius 3 is 2.53 bits per heavy atom. The van der Waals surface area contributed by atoms with Crippen LogP contribution in [0.5, 0.6) is 5.88 Å². The molecule has 3 nitrogen and oxygen atoms in total. The summed E-state index contributed by atoms with van der Waals surface area (Å²) < 4.78 is 5.92. The van der Waals surface area contributed by atoms with E-state index in [2.05, 4.69) is 9.97 Å². The van der Waals surface area contributed by atoms with Crippen LogP contribution in [0.2, 0.25) is 5.15 Å². The first-order valence-corrected chi connectivity index (χ1v) is 6.90. The predicted octanol–water partition coefficient (Wildman–Crippen LogP) is 3.72. The van der Waals surface area contributed by atoms with Crippen LogP contribution in [0.15, 0.2) is 6.07 Å². The standard InChI is InChI=1S/C13H17ClN2O/c14-11-8-12(16-13(15-11)9-6-7-9)17-10-4-2-1-3-5-10/h8-10H,1-7H2. The summed E-state index contributed by atoms with van der Waals surface area (Å²) in [4.78, 5) is 8.74. The molecule has 0 amide bonds. The van der Waals surface area contributed by atoms with Gasteiger partial charge in [-0.2, -0.15) is 4.98 Å². The highest BCUT2D eigenvalue weighted by Crippen LogP contribution is 2.39. The van der Waals surface area contributed by atoms with Gasteiger partial charge in [0.1, 0.15) is 17.1 Å². The van der Waals surface area contributed by atoms with Crippen molar-refractivity contribution in [1.29, 1.82) is 0 Å². The molecule has 2 fully saturated rings. The van der Waals surface area contributed by atoms with Gasteiger partial charge >= 0.3 is 0 Å². The van der Waals surface area contributed by atoms with Crippen molar-refractivity contribution < 1.29 is 4.74 Å². The molecule has 0 N–H and O–H groups in total. The molecule has 0 saturated heterocycles. The Hall–Kier alpha value is -0.830. The van der Waals surface area contributed by atoms with Gasteiger partial charge in [-0.3, -0.25) is 0 Å². The third kappa shape index (κ3) is 2.89. The molecule has 0 aliphatic heterocycles. The van der Waals surface area contributed by atoms with Crippen LogP contribution in [0.4, 0.5) is 0 Å². The van der Waals surface area contributed by atoms with Crippen LogP contribution in [0.3, 0.4) is 0 Å². The average Bonchev–Trinajstić information content (AvgIpc) is 3.13. The molecule has 3 rings (SSSR count). The Kier molecular flexibility index (Phi) is 3.19. The highest BCUT2D eigenvalue weighted by atomic mass is 35.5. The molecular weight excluding hydrogens is 236 g/mol. The zero-order chi connectivity index (χ0) is 11.7. The second kappa shape index (κ2) is 4.81. The second-order valence-electron chi connectivity index (χ2n) is 5.04. The molecule has 2 saturated carbocycles. The van der Waals surface area contributed by atoms with Crippen molar-refractivity contribution in [1.82, 2.24) is 9.97 Å². The summed E-state index contributed by atoms with van der Waals surface area (Å²) in [6.07, 6.45) is 8.82. The van der Waals surface area contributed by atoms with E-state index < -0.39 is 0 Å². The third-order valence-corrected chi connectivity index (χ3v) is 3.66. The van der Waals surface area contributed by atoms with Crippen molar-refractivity contribution in [3.63, 3.8) is 0 Å². The minimum absolute atomic E-state index is 0.321. The van der Waals surface area contributed by atoms with Crippen LogP contribution in [-0.4, -0.2) is 16.1 Å². The van der Waals surface area contributed by atoms with Gasteiger partial charge in [-0.05, 0) is 38.5 Å². The van der Waals surface area contributed by atoms with Crippen LogP contribution in [0, 0.1) is 0 Å². The van der Waals surface area contributed by atoms with E-state index in [0.717, 1.165) is 18.7 Å². The van der Waals surface area contributed by atoms with Gasteiger partial charge in [0.15, 0.2) is 0 Å². The highest BCUT2D eigenvalue weighted by Gasteiger charge is 2.27. The first kappa shape index (κ1) is 11.3. The Morgan fingerprint density at radius 2 is 1.82 bits per heavy atom. The topological polar surface area (TPSA) is 35.0 Å². The minimum Gasteiger partial charge on any atom is -0.474 e. The molecule has 2 aliphatic rings. The number of aromatic nitrogens is 2. The number of ether oxygens (including phenoxy) is 1. The van der Waals surface area contributed by atoms with Crippen LogP contribution >= 0.6 is 11.6 Å². The molecule has 0 radical (unpaired) electrons. The summed E-state index contributed by atoms with van der Waals surface area (Å²) >= 11 is 6.01. The lowest BCUT2D eigenvalue weighted by Gasteiger charge is -2.22. The highest BCUT2D eigenvalue weighted by molar-refractivity contribution is 6.29. The fraction of sp³-hybridized carbons (Fsp3) is 0.692. The lowest BCUT2D eigenvalue weighted by molar-refractivity contribution is 0.148. The van der Waals surface area contributed by atoms with Crippen molar-refractivity contribution in [2.45, 2.75) is 57.0 Å². The average molecular weight is 253 g/mol. The van der Waals surface area contributed by atoms with Gasteiger partial charge in [0.2, 0.25) is 5.88 Å². The van der Waals surface area contributed by atoms with Gasteiger partial charge in [-0.25, -0.2) is 4.98 Å². The van der Waals surface area contributed by atoms with Crippen LogP contribution < -0.4 is 4.74 Å². The number of nitrogens with zero attached hydrogens (tertiary/aromatic N) is 2. The van der Waals surface area contributed by atoms with Crippen LogP contribution in [0.1, 0.15) is 56.7 Å². The number of hydrogen-bond donors (Lipinski definition) is 0. The van der Waals surface area contributed by atoms with Gasteiger partial charge in [0.25, 0.3) is 0 Å². The Labute approximate surface area is 107 Å². The van der Waals surface area contributed by atoms with E-state index in [1.54, 1.807) is 6.07 Å². The van der Waals surface area contributed by atoms with Gasteiger partial charge in [0.05, 0.1) is 0 Å². The number of halogens is 1. The van der Waals surface area contributed by atoms with Gasteiger partial charge < -0.3 is 4.74 Å². The van der Waals surface area contributed by atoms with E-state index in [-0.39, 0.29) is 0 Å². The summed E-state index contributed by atoms with van der Waals surface area (Å²) in [5.41, 5.74) is 0. The number of rotatable bonds is 3. The molecule has 1 aromatic rings. The largest absolute Gasteiger partial charge is 0.474 e. The maximum absolute atomic E-state index is 6.01. The van der Waals surface area contributed by atoms with E-state index in [9.17, 15) is 0 Å². The quantitative estimate of drug-likeness (QED) is 0.769. The zero-order valence-corrected chi connectivity index (χ0v) is 10.6. The predicted molar refractivity (Wildman–Crippen MR) is 66.5 cm³/mol. The van der Waals surface area contributed by atoms with Crippen molar-refractivity contribution >= 4 is 11.6 Å². The smallest absolute Gasteiger partial charge is 0.218 e. The molecular formula is C13H17ClN2O. The summed E-state index contributed by atoms with van der Waals surface area (Å²) in [6, 6.07) is 1.74. The monoisotopic (exact) mass is 252 g/mol. The summed E-state index contributed by atoms with van der Waals surface area (Å²) in [5, 5.41) is 0.507. The fourth-order valence-corrected chi connectivity index (χ4v) is 2.53. The van der Waals surface area contributed by atoms with E-state index in [1.807, 2.05) is 0 Å². The molecule has 92 valence electrons. The first-order valence-electron chi connectivity index (χ1n) is 6.52. The molecule has 0 atom stereocenters. The Bertz CT molecular complexity index is 400. The van der Waals surface area contributed by atoms with E-state index >= 15 is 0 Å². The minimum atomic E-state index is 0.321. The maximum Gasteiger partial charge on any atom is 0.218 e. The fourth-order valence-electron chi connectivity index (χ4n) is 2.35. The SMILES string of the molecule is Clc1cc(OC2CCCCC2)nc(C2CC2)n1. The van der Waals surface area contributed by atoms with Crippen molar-refractivity contribution in [2.24, 2.45) is 0 Å². The van der Waals surface area contributed by atoms with E-state index in [1.165, 1.54) is 32.1 Å². The summed E-state index contributed by atoms with van der Waals surface area (Å²) in [7, 11) is 0. The van der Waals surface area contributed by atoms with Gasteiger partial charge in [-0.15, -0.1) is 0 Å². The normalized spacial score (nSPS) is 21.5. The van der Waals surface area contributed by atoms with E-state index in [4.69, 9.17) is 16.3 Å². The number of hydrogen-bond acceptors (Lipinski definition) is 3. The molecule has 0 bridgehead atoms. The molecule has 2 aliphatic carbocycles. The summed E-state index contributed by atoms with van der Waals surface area (Å²) in [5.74, 6) is 2.05. The molecule has 4 heteroatoms. The Balaban J connectivity index is 1.72. The molecule has 17 heavy (non-hydrogen) atoms. The molecule has 1 aromatic heterocycles. The zero-order valence-electron chi connectivity index (χ0n) is 9.86. The van der Waals surface area contributed by atoms with E-state index in [0.29, 0.717) is 23.1 Å². The lowest BCUT2D eigenvalue weighted by atomic mass is 9.98. The van der Waals surface area contributed by atoms with Crippen LogP contribution in [0.25, 0.3) is 0 Å². The van der Waals surface area contributed by atoms with Gasteiger partial charge in [0, 0.05) is 12.0 Å². The molecule has 1 heterocycles. The van der Waals surface area contributed by atoms with Crippen molar-refractivity contribution in [3.8, 4) is 5.88 Å². The molecule has 0 unspecified atom stereocenters. The van der Waals surface area contributed by atoms with Crippen molar-refractivity contribution in [3.05, 3.63) is 17.0 Å².